The monoisotopic (exact) mass is 291 g/mol. The van der Waals surface area contributed by atoms with Gasteiger partial charge in [-0.25, -0.2) is 0 Å². The quantitative estimate of drug-likeness (QED) is 0.806. The number of rotatable bonds is 6. The molecular weight excluding hydrogens is 266 g/mol. The van der Waals surface area contributed by atoms with Crippen molar-refractivity contribution in [2.45, 2.75) is 12.8 Å². The number of nitrogen functional groups attached to an aromatic ring is 1. The molecule has 0 aliphatic carbocycles. The third-order valence-electron chi connectivity index (χ3n) is 3.89. The Bertz CT molecular complexity index is 478. The number of nitrogens with zero attached hydrogens (tertiary/aromatic N) is 2. The summed E-state index contributed by atoms with van der Waals surface area (Å²) in [4.78, 5) is 16.2. The van der Waals surface area contributed by atoms with Gasteiger partial charge in [-0.15, -0.1) is 0 Å². The van der Waals surface area contributed by atoms with E-state index in [1.807, 2.05) is 30.1 Å². The van der Waals surface area contributed by atoms with Gasteiger partial charge < -0.3 is 20.3 Å². The second kappa shape index (κ2) is 7.31. The molecule has 5 heteroatoms. The van der Waals surface area contributed by atoms with Gasteiger partial charge in [-0.1, -0.05) is 6.07 Å². The van der Waals surface area contributed by atoms with Gasteiger partial charge in [0.05, 0.1) is 13.0 Å². The van der Waals surface area contributed by atoms with Crippen LogP contribution in [0, 0.1) is 5.92 Å². The lowest BCUT2D eigenvalue weighted by molar-refractivity contribution is -0.130. The number of amides is 1. The average molecular weight is 291 g/mol. The summed E-state index contributed by atoms with van der Waals surface area (Å²) in [5, 5.41) is 0. The highest BCUT2D eigenvalue weighted by Crippen LogP contribution is 2.16. The Morgan fingerprint density at radius 3 is 3.00 bits per heavy atom. The third-order valence-corrected chi connectivity index (χ3v) is 3.89. The second-order valence-electron chi connectivity index (χ2n) is 5.86. The van der Waals surface area contributed by atoms with Crippen molar-refractivity contribution in [1.29, 1.82) is 0 Å². The minimum atomic E-state index is 0.133. The van der Waals surface area contributed by atoms with Crippen molar-refractivity contribution in [3.05, 3.63) is 24.3 Å². The number of carbonyl (C=O) groups is 1. The van der Waals surface area contributed by atoms with Crippen LogP contribution < -0.4 is 10.5 Å². The van der Waals surface area contributed by atoms with Gasteiger partial charge in [-0.05, 0) is 38.1 Å². The average Bonchev–Trinajstić information content (AvgIpc) is 2.84. The van der Waals surface area contributed by atoms with Crippen LogP contribution in [0.1, 0.15) is 12.8 Å². The summed E-state index contributed by atoms with van der Waals surface area (Å²) in [5.41, 5.74) is 6.35. The number of benzene rings is 1. The summed E-state index contributed by atoms with van der Waals surface area (Å²) in [6.45, 7) is 3.43. The Labute approximate surface area is 126 Å². The molecule has 1 heterocycles. The molecular formula is C16H25N3O2. The molecule has 0 radical (unpaired) electrons. The predicted molar refractivity (Wildman–Crippen MR) is 84.2 cm³/mol. The zero-order chi connectivity index (χ0) is 15.2. The van der Waals surface area contributed by atoms with Crippen molar-refractivity contribution >= 4 is 11.6 Å². The lowest BCUT2D eigenvalue weighted by atomic mass is 10.1. The normalized spacial score (nSPS) is 18.7. The Kier molecular flexibility index (Phi) is 5.44. The lowest BCUT2D eigenvalue weighted by Crippen LogP contribution is -2.33. The Morgan fingerprint density at radius 1 is 1.52 bits per heavy atom. The topological polar surface area (TPSA) is 58.8 Å². The van der Waals surface area contributed by atoms with Crippen molar-refractivity contribution < 1.29 is 9.53 Å². The second-order valence-corrected chi connectivity index (χ2v) is 5.86. The van der Waals surface area contributed by atoms with Gasteiger partial charge >= 0.3 is 0 Å². The standard InChI is InChI=1S/C16H25N3O2/c1-18-8-6-13(11-18)12-19(2)16(20)7-9-21-15-5-3-4-14(17)10-15/h3-5,10,13H,6-9,11-12,17H2,1-2H3. The number of carbonyl (C=O) groups excluding carboxylic acids is 1. The molecule has 5 nitrogen and oxygen atoms in total. The van der Waals surface area contributed by atoms with Gasteiger partial charge in [0.15, 0.2) is 0 Å². The van der Waals surface area contributed by atoms with E-state index in [0.29, 0.717) is 30.4 Å². The van der Waals surface area contributed by atoms with Crippen LogP contribution in [0.15, 0.2) is 24.3 Å². The molecule has 1 fully saturated rings. The first-order valence-corrected chi connectivity index (χ1v) is 7.45. The van der Waals surface area contributed by atoms with E-state index in [1.54, 1.807) is 6.07 Å². The predicted octanol–water partition coefficient (Wildman–Crippen LogP) is 1.45. The fraction of sp³-hybridized carbons (Fsp3) is 0.562. The zero-order valence-electron chi connectivity index (χ0n) is 12.9. The molecule has 0 spiro atoms. The summed E-state index contributed by atoms with van der Waals surface area (Å²) in [7, 11) is 4.00. The number of anilines is 1. The molecule has 116 valence electrons. The molecule has 2 N–H and O–H groups in total. The van der Waals surface area contributed by atoms with Gasteiger partial charge in [0.1, 0.15) is 5.75 Å². The fourth-order valence-electron chi connectivity index (χ4n) is 2.72. The highest BCUT2D eigenvalue weighted by atomic mass is 16.5. The molecule has 1 aliphatic rings. The SMILES string of the molecule is CN1CCC(CN(C)C(=O)CCOc2cccc(N)c2)C1. The molecule has 1 aromatic rings. The van der Waals surface area contributed by atoms with Gasteiger partial charge in [0, 0.05) is 31.9 Å². The molecule has 0 bridgehead atoms. The number of likely N-dealkylation sites (tertiary alicyclic amines) is 1. The van der Waals surface area contributed by atoms with Crippen LogP contribution in [-0.4, -0.2) is 56.0 Å². The van der Waals surface area contributed by atoms with E-state index in [0.717, 1.165) is 19.6 Å². The Morgan fingerprint density at radius 2 is 2.33 bits per heavy atom. The minimum Gasteiger partial charge on any atom is -0.493 e. The number of hydrogen-bond donors (Lipinski definition) is 1. The van der Waals surface area contributed by atoms with Gasteiger partial charge in [-0.2, -0.15) is 0 Å². The molecule has 1 saturated heterocycles. The maximum Gasteiger partial charge on any atom is 0.225 e. The molecule has 0 saturated carbocycles. The summed E-state index contributed by atoms with van der Waals surface area (Å²) >= 11 is 0. The van der Waals surface area contributed by atoms with Crippen LogP contribution in [0.25, 0.3) is 0 Å². The molecule has 1 unspecified atom stereocenters. The first-order chi connectivity index (χ1) is 10.0. The molecule has 0 aromatic heterocycles. The van der Waals surface area contributed by atoms with E-state index < -0.39 is 0 Å². The first kappa shape index (κ1) is 15.6. The van der Waals surface area contributed by atoms with E-state index in [9.17, 15) is 4.79 Å². The van der Waals surface area contributed by atoms with Crippen molar-refractivity contribution in [2.75, 3.05) is 46.1 Å². The van der Waals surface area contributed by atoms with Crippen LogP contribution in [0.5, 0.6) is 5.75 Å². The van der Waals surface area contributed by atoms with Crippen LogP contribution in [0.4, 0.5) is 5.69 Å². The smallest absolute Gasteiger partial charge is 0.225 e. The number of hydrogen-bond acceptors (Lipinski definition) is 4. The van der Waals surface area contributed by atoms with E-state index in [2.05, 4.69) is 11.9 Å². The zero-order valence-corrected chi connectivity index (χ0v) is 12.9. The third kappa shape index (κ3) is 4.93. The van der Waals surface area contributed by atoms with Gasteiger partial charge in [0.2, 0.25) is 5.91 Å². The van der Waals surface area contributed by atoms with Gasteiger partial charge in [0.25, 0.3) is 0 Å². The van der Waals surface area contributed by atoms with Crippen molar-refractivity contribution in [2.24, 2.45) is 5.92 Å². The summed E-state index contributed by atoms with van der Waals surface area (Å²) in [6, 6.07) is 7.26. The van der Waals surface area contributed by atoms with Crippen molar-refractivity contribution in [3.63, 3.8) is 0 Å². The van der Waals surface area contributed by atoms with Crippen LogP contribution in [-0.2, 0) is 4.79 Å². The largest absolute Gasteiger partial charge is 0.493 e. The Balaban J connectivity index is 1.69. The first-order valence-electron chi connectivity index (χ1n) is 7.45. The maximum atomic E-state index is 12.1. The lowest BCUT2D eigenvalue weighted by Gasteiger charge is -2.21. The number of nitrogens with two attached hydrogens (primary N) is 1. The van der Waals surface area contributed by atoms with Gasteiger partial charge in [-0.3, -0.25) is 4.79 Å². The molecule has 2 rings (SSSR count). The van der Waals surface area contributed by atoms with Crippen molar-refractivity contribution in [1.82, 2.24) is 9.80 Å². The number of ether oxygens (including phenoxy) is 1. The van der Waals surface area contributed by atoms with Crippen molar-refractivity contribution in [3.8, 4) is 5.75 Å². The molecule has 1 aliphatic heterocycles. The minimum absolute atomic E-state index is 0.133. The molecule has 1 atom stereocenters. The highest BCUT2D eigenvalue weighted by molar-refractivity contribution is 5.76. The van der Waals surface area contributed by atoms with E-state index >= 15 is 0 Å². The van der Waals surface area contributed by atoms with E-state index in [-0.39, 0.29) is 5.91 Å². The van der Waals surface area contributed by atoms with Crippen LogP contribution in [0.3, 0.4) is 0 Å². The van der Waals surface area contributed by atoms with Crippen LogP contribution >= 0.6 is 0 Å². The fourth-order valence-corrected chi connectivity index (χ4v) is 2.72. The summed E-state index contributed by atoms with van der Waals surface area (Å²) in [6.07, 6.45) is 1.57. The molecule has 21 heavy (non-hydrogen) atoms. The Hall–Kier alpha value is -1.75. The van der Waals surface area contributed by atoms with E-state index in [1.165, 1.54) is 6.42 Å². The highest BCUT2D eigenvalue weighted by Gasteiger charge is 2.22. The molecule has 1 amide bonds. The summed E-state index contributed by atoms with van der Waals surface area (Å²) in [5.74, 6) is 1.44. The summed E-state index contributed by atoms with van der Waals surface area (Å²) < 4.78 is 5.56. The van der Waals surface area contributed by atoms with Crippen LogP contribution in [0.2, 0.25) is 0 Å². The van der Waals surface area contributed by atoms with E-state index in [4.69, 9.17) is 10.5 Å². The molecule has 1 aromatic carbocycles. The maximum absolute atomic E-state index is 12.1.